The van der Waals surface area contributed by atoms with Crippen molar-refractivity contribution in [2.75, 3.05) is 13.1 Å². The quantitative estimate of drug-likeness (QED) is 0.298. The lowest BCUT2D eigenvalue weighted by atomic mass is 9.69. The Morgan fingerprint density at radius 1 is 1.16 bits per heavy atom. The van der Waals surface area contributed by atoms with Gasteiger partial charge in [-0.1, -0.05) is 36.1 Å². The highest BCUT2D eigenvalue weighted by atomic mass is 16.1. The molecule has 0 saturated carbocycles. The maximum absolute atomic E-state index is 11.7. The molecule has 2 heterocycles. The minimum atomic E-state index is -0.907. The maximum atomic E-state index is 11.7. The Bertz CT molecular complexity index is 1270. The van der Waals surface area contributed by atoms with Crippen molar-refractivity contribution in [2.24, 2.45) is 11.5 Å². The molecule has 1 aliphatic heterocycles. The Balaban J connectivity index is 1.71. The minimum Gasteiger partial charge on any atom is -0.366 e. The second kappa shape index (κ2) is 11.2. The smallest absolute Gasteiger partial charge is 0.248 e. The second-order valence-corrected chi connectivity index (χ2v) is 9.56. The second-order valence-electron chi connectivity index (χ2n) is 9.56. The molecule has 1 fully saturated rings. The Morgan fingerprint density at radius 2 is 1.74 bits per heavy atom. The van der Waals surface area contributed by atoms with Gasteiger partial charge in [0, 0.05) is 36.0 Å². The third kappa shape index (κ3) is 5.26. The summed E-state index contributed by atoms with van der Waals surface area (Å²) in [5, 5.41) is 28.1. The number of hydrogen-bond acceptors (Lipinski definition) is 8. The number of H-pyrrole nitrogens is 1. The standard InChI is InChI=1S/C27H31N9O2/c1-17(31-16-18(2)36-13-3-4-23(36)15-28)14-27(26-32-34-35-33-26,21-9-5-19(6-10-21)24(29)37)22-11-7-20(8-12-22)25(30)38/h5-12,17,23,31H,2-4,13-14,16H2,1H3,(H2,29,37)(H2,30,38)(H,32,33,34,35)/t17-,23?/m1/s1. The third-order valence-electron chi connectivity index (χ3n) is 7.13. The van der Waals surface area contributed by atoms with Gasteiger partial charge in [0.2, 0.25) is 11.8 Å². The van der Waals surface area contributed by atoms with E-state index >= 15 is 0 Å². The van der Waals surface area contributed by atoms with E-state index in [9.17, 15) is 14.9 Å². The van der Waals surface area contributed by atoms with Crippen molar-refractivity contribution in [1.82, 2.24) is 30.8 Å². The number of nitrogens with one attached hydrogen (secondary N) is 2. The molecule has 1 unspecified atom stereocenters. The average Bonchev–Trinajstić information content (AvgIpc) is 3.63. The molecule has 2 atom stereocenters. The summed E-state index contributed by atoms with van der Waals surface area (Å²) >= 11 is 0. The van der Waals surface area contributed by atoms with Crippen LogP contribution in [0.1, 0.15) is 63.9 Å². The number of tetrazole rings is 1. The first-order valence-electron chi connectivity index (χ1n) is 12.4. The van der Waals surface area contributed by atoms with Crippen LogP contribution >= 0.6 is 0 Å². The number of aromatic nitrogens is 4. The molecule has 6 N–H and O–H groups in total. The van der Waals surface area contributed by atoms with Gasteiger partial charge in [0.15, 0.2) is 5.82 Å². The first kappa shape index (κ1) is 26.5. The number of primary amides is 2. The fourth-order valence-corrected chi connectivity index (χ4v) is 5.14. The number of carbonyl (C=O) groups excluding carboxylic acids is 2. The fraction of sp³-hybridized carbons (Fsp3) is 0.333. The van der Waals surface area contributed by atoms with E-state index in [1.165, 1.54) is 0 Å². The molecule has 2 amide bonds. The van der Waals surface area contributed by atoms with Crippen LogP contribution < -0.4 is 16.8 Å². The van der Waals surface area contributed by atoms with E-state index in [-0.39, 0.29) is 12.1 Å². The number of nitrogens with two attached hydrogens (primary N) is 2. The number of aromatic amines is 1. The number of likely N-dealkylation sites (tertiary alicyclic amines) is 1. The lowest BCUT2D eigenvalue weighted by Crippen LogP contribution is -2.41. The predicted molar refractivity (Wildman–Crippen MR) is 141 cm³/mol. The Morgan fingerprint density at radius 3 is 2.21 bits per heavy atom. The van der Waals surface area contributed by atoms with E-state index in [4.69, 9.17) is 11.5 Å². The number of nitriles is 1. The van der Waals surface area contributed by atoms with Crippen LogP contribution in [-0.2, 0) is 5.41 Å². The lowest BCUT2D eigenvalue weighted by Gasteiger charge is -2.35. The van der Waals surface area contributed by atoms with Crippen molar-refractivity contribution in [3.63, 3.8) is 0 Å². The van der Waals surface area contributed by atoms with Crippen LogP contribution in [0, 0.1) is 11.3 Å². The topological polar surface area (TPSA) is 180 Å². The summed E-state index contributed by atoms with van der Waals surface area (Å²) in [5.41, 5.74) is 13.3. The summed E-state index contributed by atoms with van der Waals surface area (Å²) in [6.07, 6.45) is 2.30. The van der Waals surface area contributed by atoms with Crippen LogP contribution in [0.4, 0.5) is 0 Å². The maximum Gasteiger partial charge on any atom is 0.248 e. The van der Waals surface area contributed by atoms with Crippen molar-refractivity contribution in [2.45, 2.75) is 43.7 Å². The highest BCUT2D eigenvalue weighted by Crippen LogP contribution is 2.41. The molecule has 11 nitrogen and oxygen atoms in total. The zero-order chi connectivity index (χ0) is 27.3. The molecule has 2 aromatic carbocycles. The Labute approximate surface area is 220 Å². The van der Waals surface area contributed by atoms with E-state index < -0.39 is 17.2 Å². The molecule has 38 heavy (non-hydrogen) atoms. The molecular weight excluding hydrogens is 482 g/mol. The first-order chi connectivity index (χ1) is 18.3. The summed E-state index contributed by atoms with van der Waals surface area (Å²) in [7, 11) is 0. The monoisotopic (exact) mass is 513 g/mol. The van der Waals surface area contributed by atoms with E-state index in [0.29, 0.717) is 29.9 Å². The molecule has 1 aliphatic rings. The minimum absolute atomic E-state index is 0.0833. The summed E-state index contributed by atoms with van der Waals surface area (Å²) < 4.78 is 0. The molecule has 196 valence electrons. The van der Waals surface area contributed by atoms with Gasteiger partial charge in [-0.15, -0.1) is 10.2 Å². The van der Waals surface area contributed by atoms with E-state index in [0.717, 1.165) is 36.2 Å². The van der Waals surface area contributed by atoms with Gasteiger partial charge in [-0.3, -0.25) is 9.59 Å². The number of carbonyl (C=O) groups is 2. The third-order valence-corrected chi connectivity index (χ3v) is 7.13. The molecule has 0 spiro atoms. The van der Waals surface area contributed by atoms with E-state index in [1.807, 2.05) is 31.2 Å². The van der Waals surface area contributed by atoms with E-state index in [1.54, 1.807) is 24.3 Å². The summed E-state index contributed by atoms with van der Waals surface area (Å²) in [5.74, 6) is -0.634. The molecule has 11 heteroatoms. The predicted octanol–water partition coefficient (Wildman–Crippen LogP) is 1.60. The van der Waals surface area contributed by atoms with Gasteiger partial charge in [0.05, 0.1) is 11.5 Å². The summed E-state index contributed by atoms with van der Waals surface area (Å²) in [6.45, 7) is 7.57. The first-order valence-corrected chi connectivity index (χ1v) is 12.4. The van der Waals surface area contributed by atoms with Gasteiger partial charge < -0.3 is 21.7 Å². The normalized spacial score (nSPS) is 16.1. The van der Waals surface area contributed by atoms with Crippen molar-refractivity contribution >= 4 is 11.8 Å². The molecule has 3 aromatic rings. The van der Waals surface area contributed by atoms with Gasteiger partial charge in [0.1, 0.15) is 6.04 Å². The Kier molecular flexibility index (Phi) is 7.83. The largest absolute Gasteiger partial charge is 0.366 e. The molecule has 1 saturated heterocycles. The zero-order valence-corrected chi connectivity index (χ0v) is 21.2. The molecule has 0 radical (unpaired) electrons. The van der Waals surface area contributed by atoms with Crippen LogP contribution in [0.25, 0.3) is 0 Å². The molecule has 0 aliphatic carbocycles. The molecular formula is C27H31N9O2. The van der Waals surface area contributed by atoms with Crippen LogP contribution in [0.2, 0.25) is 0 Å². The van der Waals surface area contributed by atoms with Crippen LogP contribution in [0.5, 0.6) is 0 Å². The van der Waals surface area contributed by atoms with Gasteiger partial charge in [-0.05, 0) is 61.6 Å². The van der Waals surface area contributed by atoms with Gasteiger partial charge in [-0.25, -0.2) is 0 Å². The van der Waals surface area contributed by atoms with Crippen LogP contribution in [0.15, 0.2) is 60.8 Å². The van der Waals surface area contributed by atoms with Crippen molar-refractivity contribution < 1.29 is 9.59 Å². The fourth-order valence-electron chi connectivity index (χ4n) is 5.14. The van der Waals surface area contributed by atoms with Gasteiger partial charge in [-0.2, -0.15) is 10.5 Å². The summed E-state index contributed by atoms with van der Waals surface area (Å²) in [6, 6.07) is 16.1. The number of rotatable bonds is 11. The molecule has 4 rings (SSSR count). The van der Waals surface area contributed by atoms with Crippen molar-refractivity contribution in [3.05, 3.63) is 88.9 Å². The number of amides is 2. The highest BCUT2D eigenvalue weighted by Gasteiger charge is 2.42. The number of nitrogens with zero attached hydrogens (tertiary/aromatic N) is 5. The number of hydrogen-bond donors (Lipinski definition) is 4. The van der Waals surface area contributed by atoms with Crippen molar-refractivity contribution in [1.29, 1.82) is 5.26 Å². The van der Waals surface area contributed by atoms with Gasteiger partial charge >= 0.3 is 0 Å². The van der Waals surface area contributed by atoms with Gasteiger partial charge in [0.25, 0.3) is 0 Å². The van der Waals surface area contributed by atoms with Crippen LogP contribution in [-0.4, -0.2) is 62.5 Å². The van der Waals surface area contributed by atoms with Crippen molar-refractivity contribution in [3.8, 4) is 6.07 Å². The summed E-state index contributed by atoms with van der Waals surface area (Å²) in [4.78, 5) is 25.5. The highest BCUT2D eigenvalue weighted by molar-refractivity contribution is 5.93. The average molecular weight is 514 g/mol. The lowest BCUT2D eigenvalue weighted by molar-refractivity contribution is 0.0992. The van der Waals surface area contributed by atoms with E-state index in [2.05, 4.69) is 43.5 Å². The molecule has 0 bridgehead atoms. The molecule has 1 aromatic heterocycles. The number of benzene rings is 2. The van der Waals surface area contributed by atoms with Crippen LogP contribution in [0.3, 0.4) is 0 Å². The SMILES string of the molecule is C=C(CN[C@H](C)CC(c1ccc(C(N)=O)cc1)(c1ccc(C(N)=O)cc1)c1nn[nH]n1)N1CCCC1C#N. The zero-order valence-electron chi connectivity index (χ0n) is 21.2. The Hall–Kier alpha value is -4.56.